The van der Waals surface area contributed by atoms with E-state index in [9.17, 15) is 0 Å². The molecule has 0 atom stereocenters. The van der Waals surface area contributed by atoms with Gasteiger partial charge in [-0.05, 0) is 0 Å². The summed E-state index contributed by atoms with van der Waals surface area (Å²) in [5.41, 5.74) is 10.7. The normalized spacial score (nSPS) is 17.0. The minimum absolute atomic E-state index is 0.0525. The quantitative estimate of drug-likeness (QED) is 0.0979. The number of rotatable bonds is 2. The van der Waals surface area contributed by atoms with Crippen molar-refractivity contribution in [2.45, 2.75) is 131 Å². The zero-order valence-corrected chi connectivity index (χ0v) is 47.2. The van der Waals surface area contributed by atoms with E-state index >= 15 is 0 Å². The van der Waals surface area contributed by atoms with Gasteiger partial charge in [0.1, 0.15) is 0 Å². The van der Waals surface area contributed by atoms with Crippen molar-refractivity contribution in [2.75, 3.05) is 9.80 Å². The second kappa shape index (κ2) is 14.2. The minimum atomic E-state index is -6.49. The molecule has 0 amide bonds. The topological polar surface area (TPSA) is 34.2 Å². The Balaban J connectivity index is 1.47. The molecule has 0 saturated carbocycles. The van der Waals surface area contributed by atoms with Gasteiger partial charge in [0.05, 0.1) is 0 Å². The van der Waals surface area contributed by atoms with E-state index in [0.717, 1.165) is 60.6 Å². The summed E-state index contributed by atoms with van der Waals surface area (Å²) < 4.78 is 26.5. The van der Waals surface area contributed by atoms with Crippen molar-refractivity contribution in [3.8, 4) is 23.0 Å². The van der Waals surface area contributed by atoms with Crippen LogP contribution in [-0.2, 0) is 27.1 Å². The number of ether oxygens (including phenoxy) is 1. The van der Waals surface area contributed by atoms with Crippen LogP contribution in [0, 0.1) is 0 Å². The third-order valence-corrected chi connectivity index (χ3v) is 34.5. The van der Waals surface area contributed by atoms with Gasteiger partial charge in [0.2, 0.25) is 0 Å². The van der Waals surface area contributed by atoms with Gasteiger partial charge in [-0.1, -0.05) is 0 Å². The average molecular weight is 1160 g/mol. The molecule has 10 rings (SSSR count). The molecule has 0 fully saturated rings. The fourth-order valence-electron chi connectivity index (χ4n) is 10.0. The summed E-state index contributed by atoms with van der Waals surface area (Å²) in [5.74, 6) is 1.95. The summed E-state index contributed by atoms with van der Waals surface area (Å²) in [7, 11) is 0. The summed E-state index contributed by atoms with van der Waals surface area (Å²) in [6, 6.07) is 31.8. The first kappa shape index (κ1) is 46.1. The van der Waals surface area contributed by atoms with Crippen LogP contribution in [0.5, 0.6) is 23.0 Å². The molecule has 6 aromatic carbocycles. The van der Waals surface area contributed by atoms with E-state index in [4.69, 9.17) is 56.8 Å². The zero-order chi connectivity index (χ0) is 47.8. The molecule has 4 aliphatic rings. The molecule has 0 saturated heterocycles. The van der Waals surface area contributed by atoms with Gasteiger partial charge in [-0.15, -0.1) is 0 Å². The Morgan fingerprint density at radius 3 is 0.955 bits per heavy atom. The summed E-state index contributed by atoms with van der Waals surface area (Å²) >= 11 is 22.1. The Morgan fingerprint density at radius 2 is 0.652 bits per heavy atom. The van der Waals surface area contributed by atoms with E-state index < -0.39 is 19.7 Å². The van der Waals surface area contributed by atoms with Crippen molar-refractivity contribution >= 4 is 110 Å². The molecule has 0 aliphatic carbocycles. The molecule has 0 aromatic heterocycles. The van der Waals surface area contributed by atoms with E-state index in [1.807, 2.05) is 0 Å². The van der Waals surface area contributed by atoms with Crippen molar-refractivity contribution in [3.05, 3.63) is 133 Å². The van der Waals surface area contributed by atoms with Crippen LogP contribution in [0.3, 0.4) is 0 Å². The Morgan fingerprint density at radius 1 is 0.364 bits per heavy atom. The van der Waals surface area contributed by atoms with Crippen LogP contribution in [0.25, 0.3) is 0 Å². The standard InChI is InChI=1S/C50H59N2O.C6H2Cl4O2.Bi/c1-46(2,3)33-16-20-38(21-17-33)51-40-24-35(48(7,8)9)25-41(30-40)52(39-22-18-34(19-23-39)47(4,5)6)43-27-37(50(13,14)15)29-45(32-43)53-44-28-36(49(10,11)12)26-42(51)31-44;7-1-2(8)4(10)6(12)5(11)3(1)9;/h16-29H,1-15H3;11-12H;/q;;+2/p-2. The van der Waals surface area contributed by atoms with E-state index in [1.165, 1.54) is 11.1 Å². The van der Waals surface area contributed by atoms with E-state index in [1.54, 1.807) is 0 Å². The van der Waals surface area contributed by atoms with E-state index in [-0.39, 0.29) is 47.2 Å². The molecule has 0 bridgehead atoms. The Hall–Kier alpha value is -3.64. The summed E-state index contributed by atoms with van der Waals surface area (Å²) in [6.45, 7) is 33.8. The molecule has 66 heavy (non-hydrogen) atoms. The fourth-order valence-corrected chi connectivity index (χ4v) is 33.3. The van der Waals surface area contributed by atoms with E-state index in [2.05, 4.69) is 199 Å². The molecule has 6 aromatic rings. The number of fused-ring (bicyclic) bond motifs is 1. The molecule has 4 aliphatic heterocycles. The van der Waals surface area contributed by atoms with Gasteiger partial charge in [0.15, 0.2) is 0 Å². The summed E-state index contributed by atoms with van der Waals surface area (Å²) in [4.78, 5) is 4.84. The molecule has 0 N–H and O–H groups in total. The molecule has 10 heteroatoms. The van der Waals surface area contributed by atoms with Crippen LogP contribution in [0.1, 0.15) is 132 Å². The molecule has 0 unspecified atom stereocenters. The number of nitrogens with zero attached hydrogens (tertiary/aromatic N) is 2. The van der Waals surface area contributed by atoms with Gasteiger partial charge in [0, 0.05) is 0 Å². The monoisotopic (exact) mass is 1160 g/mol. The van der Waals surface area contributed by atoms with Gasteiger partial charge in [-0.3, -0.25) is 0 Å². The predicted molar refractivity (Wildman–Crippen MR) is 282 cm³/mol. The first-order valence-electron chi connectivity index (χ1n) is 22.8. The Kier molecular flexibility index (Phi) is 9.94. The number of hydrogen-bond donors (Lipinski definition) is 0. The van der Waals surface area contributed by atoms with Crippen molar-refractivity contribution in [2.24, 2.45) is 0 Å². The summed E-state index contributed by atoms with van der Waals surface area (Å²) in [6.07, 6.45) is 0. The second-order valence-electron chi connectivity index (χ2n) is 23.7. The number of halogens is 4. The molecular weight excluding hydrogens is 1100 g/mol. The SMILES string of the molecule is CC(C)(C)c1ccc(N2c3cc(C(C)(C)C)cc4[c]3[Bi]35([O]c6c(Cl)c(Cl)c(Cl)c(Cl)c6[O]3)[c]3c(cc(C(C)(C)C)cc3N(c3ccc(C(C)(C)C)cc3)c3cc(C(C)(C)C)cc2[c]35)O4)cc1. The van der Waals surface area contributed by atoms with Crippen LogP contribution in [0.2, 0.25) is 20.1 Å². The van der Waals surface area contributed by atoms with Crippen LogP contribution in [0.4, 0.5) is 34.1 Å². The van der Waals surface area contributed by atoms with Gasteiger partial charge in [-0.25, -0.2) is 0 Å². The van der Waals surface area contributed by atoms with Crippen molar-refractivity contribution in [3.63, 3.8) is 0 Å². The maximum atomic E-state index is 8.12. The maximum absolute atomic E-state index is 8.12. The van der Waals surface area contributed by atoms with Crippen molar-refractivity contribution in [1.29, 1.82) is 0 Å². The number of anilines is 6. The molecular formula is C56H59BiCl4N2O3. The molecule has 1 spiro atoms. The predicted octanol–water partition coefficient (Wildman–Crippen LogP) is 16.3. The van der Waals surface area contributed by atoms with Gasteiger partial charge in [0.25, 0.3) is 0 Å². The Labute approximate surface area is 413 Å². The zero-order valence-electron chi connectivity index (χ0n) is 40.7. The Bertz CT molecular complexity index is 2890. The van der Waals surface area contributed by atoms with Crippen molar-refractivity contribution < 1.29 is 10.4 Å². The van der Waals surface area contributed by atoms with Gasteiger partial charge < -0.3 is 0 Å². The van der Waals surface area contributed by atoms with Gasteiger partial charge in [-0.2, -0.15) is 0 Å². The van der Waals surface area contributed by atoms with Gasteiger partial charge >= 0.3 is 417 Å². The third kappa shape index (κ3) is 6.40. The molecule has 5 nitrogen and oxygen atoms in total. The average Bonchev–Trinajstić information content (AvgIpc) is 3.57. The molecule has 344 valence electrons. The fraction of sp³-hybridized carbons (Fsp3) is 0.357. The third-order valence-electron chi connectivity index (χ3n) is 13.9. The molecule has 4 heterocycles. The van der Waals surface area contributed by atoms with Crippen LogP contribution in [0.15, 0.2) is 84.9 Å². The number of benzene rings is 6. The number of hydrogen-bond acceptors (Lipinski definition) is 5. The first-order valence-corrected chi connectivity index (χ1v) is 32.4. The van der Waals surface area contributed by atoms with Crippen LogP contribution < -0.4 is 30.0 Å². The first-order chi connectivity index (χ1) is 30.5. The second-order valence-corrected chi connectivity index (χ2v) is 39.3. The van der Waals surface area contributed by atoms with Crippen LogP contribution in [-0.4, -0.2) is 19.7 Å². The molecule has 0 radical (unpaired) electrons. The van der Waals surface area contributed by atoms with Crippen LogP contribution >= 0.6 is 46.4 Å². The van der Waals surface area contributed by atoms with Crippen molar-refractivity contribution in [1.82, 2.24) is 0 Å². The van der Waals surface area contributed by atoms with E-state index in [0.29, 0.717) is 23.0 Å². The summed E-state index contributed by atoms with van der Waals surface area (Å²) in [5, 5.41) is 0.542.